The van der Waals surface area contributed by atoms with Crippen LogP contribution in [0.15, 0.2) is 18.2 Å². The van der Waals surface area contributed by atoms with Crippen LogP contribution >= 0.6 is 11.3 Å². The molecule has 2 fully saturated rings. The van der Waals surface area contributed by atoms with Crippen LogP contribution < -0.4 is 15.4 Å². The number of amides is 2. The number of hydrogen-bond donors (Lipinski definition) is 2. The largest absolute Gasteiger partial charge is 0.494 e. The number of carbonyl (C=O) groups is 2. The van der Waals surface area contributed by atoms with Gasteiger partial charge in [-0.3, -0.25) is 14.5 Å². The van der Waals surface area contributed by atoms with Crippen LogP contribution in [-0.4, -0.2) is 53.5 Å². The molecular formula is C18H22N4O3S. The van der Waals surface area contributed by atoms with Gasteiger partial charge in [0.2, 0.25) is 11.8 Å². The van der Waals surface area contributed by atoms with E-state index in [1.54, 1.807) is 0 Å². The zero-order valence-electron chi connectivity index (χ0n) is 14.7. The number of thiazole rings is 1. The maximum absolute atomic E-state index is 12.5. The number of nitrogens with zero attached hydrogens (tertiary/aromatic N) is 2. The molecule has 0 radical (unpaired) electrons. The van der Waals surface area contributed by atoms with Gasteiger partial charge >= 0.3 is 0 Å². The van der Waals surface area contributed by atoms with Gasteiger partial charge in [0, 0.05) is 25.0 Å². The fourth-order valence-corrected chi connectivity index (χ4v) is 4.68. The molecule has 4 rings (SSSR count). The summed E-state index contributed by atoms with van der Waals surface area (Å²) in [5.74, 6) is 0.805. The Kier molecular flexibility index (Phi) is 4.78. The van der Waals surface area contributed by atoms with Crippen molar-refractivity contribution >= 4 is 38.5 Å². The van der Waals surface area contributed by atoms with E-state index in [0.29, 0.717) is 31.2 Å². The van der Waals surface area contributed by atoms with E-state index in [1.165, 1.54) is 11.3 Å². The third kappa shape index (κ3) is 3.52. The molecule has 2 aromatic rings. The first-order valence-electron chi connectivity index (χ1n) is 8.98. The smallest absolute Gasteiger partial charge is 0.240 e. The Labute approximate surface area is 155 Å². The lowest BCUT2D eigenvalue weighted by atomic mass is 10.1. The predicted octanol–water partition coefficient (Wildman–Crippen LogP) is 1.99. The Morgan fingerprint density at radius 1 is 1.42 bits per heavy atom. The van der Waals surface area contributed by atoms with Gasteiger partial charge in [-0.25, -0.2) is 4.98 Å². The van der Waals surface area contributed by atoms with E-state index in [9.17, 15) is 9.59 Å². The molecular weight excluding hydrogens is 352 g/mol. The molecule has 8 heteroatoms. The summed E-state index contributed by atoms with van der Waals surface area (Å²) in [5, 5.41) is 6.43. The molecule has 3 heterocycles. The average Bonchev–Trinajstić information content (AvgIpc) is 3.11. The number of hydrogen-bond acceptors (Lipinski definition) is 6. The average molecular weight is 374 g/mol. The normalized spacial score (nSPS) is 22.9. The zero-order valence-corrected chi connectivity index (χ0v) is 15.5. The van der Waals surface area contributed by atoms with E-state index in [0.717, 1.165) is 28.8 Å². The molecule has 2 N–H and O–H groups in total. The van der Waals surface area contributed by atoms with Gasteiger partial charge in [0.25, 0.3) is 0 Å². The lowest BCUT2D eigenvalue weighted by molar-refractivity contribution is -0.122. The molecule has 2 amide bonds. The fraction of sp³-hybridized carbons (Fsp3) is 0.500. The number of rotatable bonds is 5. The van der Waals surface area contributed by atoms with Crippen molar-refractivity contribution in [3.8, 4) is 5.75 Å². The summed E-state index contributed by atoms with van der Waals surface area (Å²) in [4.78, 5) is 30.9. The molecule has 2 aliphatic rings. The summed E-state index contributed by atoms with van der Waals surface area (Å²) < 4.78 is 6.49. The Hall–Kier alpha value is -2.19. The van der Waals surface area contributed by atoms with Gasteiger partial charge in [-0.15, -0.1) is 0 Å². The van der Waals surface area contributed by atoms with Gasteiger partial charge in [0.1, 0.15) is 5.75 Å². The van der Waals surface area contributed by atoms with Crippen molar-refractivity contribution in [2.75, 3.05) is 25.0 Å². The van der Waals surface area contributed by atoms with Crippen LogP contribution in [0.1, 0.15) is 26.2 Å². The van der Waals surface area contributed by atoms with Crippen molar-refractivity contribution in [2.24, 2.45) is 0 Å². The fourth-order valence-electron chi connectivity index (χ4n) is 3.77. The summed E-state index contributed by atoms with van der Waals surface area (Å²) in [7, 11) is 0. The molecule has 2 aliphatic heterocycles. The predicted molar refractivity (Wildman–Crippen MR) is 101 cm³/mol. The molecule has 1 aromatic carbocycles. The second-order valence-electron chi connectivity index (χ2n) is 6.70. The van der Waals surface area contributed by atoms with Crippen LogP contribution in [0, 0.1) is 0 Å². The molecule has 2 bridgehead atoms. The lowest BCUT2D eigenvalue weighted by Crippen LogP contribution is -2.42. The van der Waals surface area contributed by atoms with Gasteiger partial charge in [-0.2, -0.15) is 0 Å². The third-order valence-electron chi connectivity index (χ3n) is 4.97. The first-order chi connectivity index (χ1) is 12.6. The van der Waals surface area contributed by atoms with Crippen molar-refractivity contribution in [1.29, 1.82) is 0 Å². The number of ether oxygens (including phenoxy) is 1. The zero-order chi connectivity index (χ0) is 18.1. The molecule has 7 nitrogen and oxygen atoms in total. The number of benzene rings is 1. The van der Waals surface area contributed by atoms with Crippen molar-refractivity contribution in [3.05, 3.63) is 18.2 Å². The Morgan fingerprint density at radius 2 is 2.27 bits per heavy atom. The molecule has 0 unspecified atom stereocenters. The maximum atomic E-state index is 12.5. The van der Waals surface area contributed by atoms with E-state index in [4.69, 9.17) is 4.74 Å². The summed E-state index contributed by atoms with van der Waals surface area (Å²) in [6.45, 7) is 3.49. The monoisotopic (exact) mass is 374 g/mol. The number of anilines is 1. The highest BCUT2D eigenvalue weighted by molar-refractivity contribution is 7.22. The topological polar surface area (TPSA) is 83.6 Å². The van der Waals surface area contributed by atoms with Crippen LogP contribution in [0.2, 0.25) is 0 Å². The molecule has 2 atom stereocenters. The number of fused-ring (bicyclic) bond motifs is 3. The van der Waals surface area contributed by atoms with Crippen LogP contribution in [0.4, 0.5) is 5.13 Å². The minimum Gasteiger partial charge on any atom is -0.494 e. The van der Waals surface area contributed by atoms with E-state index in [-0.39, 0.29) is 23.9 Å². The van der Waals surface area contributed by atoms with Crippen LogP contribution in [0.3, 0.4) is 0 Å². The Morgan fingerprint density at radius 3 is 3.12 bits per heavy atom. The highest BCUT2D eigenvalue weighted by Crippen LogP contribution is 2.30. The third-order valence-corrected chi connectivity index (χ3v) is 5.90. The lowest BCUT2D eigenvalue weighted by Gasteiger charge is -2.25. The summed E-state index contributed by atoms with van der Waals surface area (Å²) in [6.07, 6.45) is 2.48. The van der Waals surface area contributed by atoms with E-state index in [1.807, 2.05) is 25.1 Å². The molecule has 0 saturated carbocycles. The molecule has 0 spiro atoms. The molecule has 26 heavy (non-hydrogen) atoms. The first kappa shape index (κ1) is 17.2. The highest BCUT2D eigenvalue weighted by atomic mass is 32.1. The SMILES string of the molecule is CCOc1ccc2nc(NC(=O)CN3[C@@H]4CC[C@@H]3CC(=O)NC4)sc2c1. The second kappa shape index (κ2) is 7.20. The molecule has 0 aliphatic carbocycles. The number of nitrogens with one attached hydrogen (secondary N) is 2. The quantitative estimate of drug-likeness (QED) is 0.836. The van der Waals surface area contributed by atoms with Crippen molar-refractivity contribution in [1.82, 2.24) is 15.2 Å². The minimum atomic E-state index is -0.0830. The van der Waals surface area contributed by atoms with Crippen LogP contribution in [0.25, 0.3) is 10.2 Å². The van der Waals surface area contributed by atoms with Crippen molar-refractivity contribution < 1.29 is 14.3 Å². The number of aromatic nitrogens is 1. The standard InChI is InChI=1S/C18H22N4O3S/c1-2-25-13-5-6-14-15(8-13)26-18(20-14)21-17(24)10-22-11-3-4-12(22)9-19-16(23)7-11/h5-6,8,11-12H,2-4,7,9-10H2,1H3,(H,19,23)(H,20,21,24)/t11-,12-/m1/s1. The van der Waals surface area contributed by atoms with Crippen LogP contribution in [-0.2, 0) is 9.59 Å². The van der Waals surface area contributed by atoms with Gasteiger partial charge in [0.15, 0.2) is 5.13 Å². The highest BCUT2D eigenvalue weighted by Gasteiger charge is 2.38. The first-order valence-corrected chi connectivity index (χ1v) is 9.79. The van der Waals surface area contributed by atoms with E-state index in [2.05, 4.69) is 20.5 Å². The van der Waals surface area contributed by atoms with Gasteiger partial charge < -0.3 is 15.4 Å². The van der Waals surface area contributed by atoms with Crippen molar-refractivity contribution in [3.63, 3.8) is 0 Å². The van der Waals surface area contributed by atoms with Gasteiger partial charge in [-0.1, -0.05) is 11.3 Å². The van der Waals surface area contributed by atoms with Crippen LogP contribution in [0.5, 0.6) is 5.75 Å². The number of carbonyl (C=O) groups excluding carboxylic acids is 2. The summed E-state index contributed by atoms with van der Waals surface area (Å²) in [6, 6.07) is 6.14. The Bertz CT molecular complexity index is 837. The summed E-state index contributed by atoms with van der Waals surface area (Å²) in [5.41, 5.74) is 0.846. The minimum absolute atomic E-state index is 0.0823. The van der Waals surface area contributed by atoms with Gasteiger partial charge in [-0.05, 0) is 38.0 Å². The molecule has 138 valence electrons. The Balaban J connectivity index is 1.43. The van der Waals surface area contributed by atoms with Gasteiger partial charge in [0.05, 0.1) is 23.4 Å². The van der Waals surface area contributed by atoms with E-state index >= 15 is 0 Å². The molecule has 1 aromatic heterocycles. The van der Waals surface area contributed by atoms with Crippen molar-refractivity contribution in [2.45, 2.75) is 38.3 Å². The second-order valence-corrected chi connectivity index (χ2v) is 7.73. The maximum Gasteiger partial charge on any atom is 0.240 e. The van der Waals surface area contributed by atoms with E-state index < -0.39 is 0 Å². The summed E-state index contributed by atoms with van der Waals surface area (Å²) >= 11 is 1.44. The molecule has 2 saturated heterocycles.